The Labute approximate surface area is 94.0 Å². The standard InChI is InChI=1S/C11H15N3O2/c1-16-11(15)9-6-5-8(12)10(14-9)13-7-3-2-4-7/h5-7H,2-4,12H2,1H3,(H,13,14). The van der Waals surface area contributed by atoms with E-state index < -0.39 is 5.97 Å². The van der Waals surface area contributed by atoms with Crippen molar-refractivity contribution >= 4 is 17.5 Å². The predicted octanol–water partition coefficient (Wildman–Crippen LogP) is 1.41. The Morgan fingerprint density at radius 2 is 2.31 bits per heavy atom. The molecular formula is C11H15N3O2. The molecule has 0 aliphatic heterocycles. The summed E-state index contributed by atoms with van der Waals surface area (Å²) in [4.78, 5) is 15.4. The van der Waals surface area contributed by atoms with Gasteiger partial charge in [0.1, 0.15) is 5.82 Å². The maximum Gasteiger partial charge on any atom is 0.356 e. The Bertz CT molecular complexity index is 402. The molecule has 16 heavy (non-hydrogen) atoms. The Kier molecular flexibility index (Phi) is 2.94. The second kappa shape index (κ2) is 4.38. The molecule has 0 saturated heterocycles. The first-order valence-electron chi connectivity index (χ1n) is 5.32. The van der Waals surface area contributed by atoms with Gasteiger partial charge in [-0.05, 0) is 31.4 Å². The van der Waals surface area contributed by atoms with Crippen LogP contribution in [0, 0.1) is 0 Å². The van der Waals surface area contributed by atoms with Crippen LogP contribution in [0.4, 0.5) is 11.5 Å². The fraction of sp³-hybridized carbons (Fsp3) is 0.455. The van der Waals surface area contributed by atoms with Gasteiger partial charge in [-0.2, -0.15) is 0 Å². The first-order chi connectivity index (χ1) is 7.70. The largest absolute Gasteiger partial charge is 0.464 e. The molecule has 0 aromatic carbocycles. The number of aromatic nitrogens is 1. The highest BCUT2D eigenvalue weighted by Gasteiger charge is 2.19. The van der Waals surface area contributed by atoms with Gasteiger partial charge in [0.05, 0.1) is 12.8 Å². The Hall–Kier alpha value is -1.78. The highest BCUT2D eigenvalue weighted by atomic mass is 16.5. The lowest BCUT2D eigenvalue weighted by molar-refractivity contribution is 0.0594. The summed E-state index contributed by atoms with van der Waals surface area (Å²) >= 11 is 0. The average Bonchev–Trinajstić information content (AvgIpc) is 2.24. The quantitative estimate of drug-likeness (QED) is 0.755. The first-order valence-corrected chi connectivity index (χ1v) is 5.32. The zero-order chi connectivity index (χ0) is 11.5. The van der Waals surface area contributed by atoms with Gasteiger partial charge in [0.25, 0.3) is 0 Å². The normalized spacial score (nSPS) is 15.3. The van der Waals surface area contributed by atoms with Crippen molar-refractivity contribution in [1.82, 2.24) is 4.98 Å². The van der Waals surface area contributed by atoms with E-state index in [1.807, 2.05) is 0 Å². The highest BCUT2D eigenvalue weighted by molar-refractivity contribution is 5.88. The van der Waals surface area contributed by atoms with Crippen LogP contribution in [-0.4, -0.2) is 24.1 Å². The summed E-state index contributed by atoms with van der Waals surface area (Å²) in [6, 6.07) is 3.66. The van der Waals surface area contributed by atoms with E-state index in [1.54, 1.807) is 12.1 Å². The summed E-state index contributed by atoms with van der Waals surface area (Å²) in [5.74, 6) is 0.129. The molecule has 1 aromatic rings. The van der Waals surface area contributed by atoms with Crippen molar-refractivity contribution in [3.63, 3.8) is 0 Å². The molecule has 5 nitrogen and oxygen atoms in total. The van der Waals surface area contributed by atoms with Gasteiger partial charge in [0, 0.05) is 6.04 Å². The number of esters is 1. The molecule has 0 atom stereocenters. The zero-order valence-corrected chi connectivity index (χ0v) is 9.19. The van der Waals surface area contributed by atoms with E-state index in [-0.39, 0.29) is 5.69 Å². The third-order valence-electron chi connectivity index (χ3n) is 2.77. The molecule has 1 aliphatic rings. The lowest BCUT2D eigenvalue weighted by atomic mass is 9.93. The molecule has 2 rings (SSSR count). The number of nitrogen functional groups attached to an aromatic ring is 1. The number of pyridine rings is 1. The number of methoxy groups -OCH3 is 1. The Morgan fingerprint density at radius 1 is 1.56 bits per heavy atom. The maximum atomic E-state index is 11.3. The number of rotatable bonds is 3. The molecule has 1 fully saturated rings. The number of hydrogen-bond acceptors (Lipinski definition) is 5. The molecule has 0 spiro atoms. The number of nitrogens with zero attached hydrogens (tertiary/aromatic N) is 1. The van der Waals surface area contributed by atoms with Crippen LogP contribution in [0.5, 0.6) is 0 Å². The summed E-state index contributed by atoms with van der Waals surface area (Å²) in [5.41, 5.74) is 6.61. The number of nitrogens with two attached hydrogens (primary N) is 1. The predicted molar refractivity (Wildman–Crippen MR) is 61.3 cm³/mol. The number of anilines is 2. The summed E-state index contributed by atoms with van der Waals surface area (Å²) in [5, 5.41) is 3.22. The number of nitrogens with one attached hydrogen (secondary N) is 1. The van der Waals surface area contributed by atoms with Crippen molar-refractivity contribution in [2.45, 2.75) is 25.3 Å². The molecular weight excluding hydrogens is 206 g/mol. The van der Waals surface area contributed by atoms with Crippen LogP contribution in [0.2, 0.25) is 0 Å². The van der Waals surface area contributed by atoms with Crippen LogP contribution >= 0.6 is 0 Å². The van der Waals surface area contributed by atoms with Gasteiger partial charge in [-0.15, -0.1) is 0 Å². The van der Waals surface area contributed by atoms with Crippen molar-refractivity contribution in [1.29, 1.82) is 0 Å². The minimum absolute atomic E-state index is 0.276. The van der Waals surface area contributed by atoms with Gasteiger partial charge in [0.2, 0.25) is 0 Å². The zero-order valence-electron chi connectivity index (χ0n) is 9.19. The van der Waals surface area contributed by atoms with Crippen LogP contribution in [-0.2, 0) is 4.74 Å². The first kappa shape index (κ1) is 10.7. The fourth-order valence-corrected chi connectivity index (χ4v) is 1.55. The maximum absolute atomic E-state index is 11.3. The summed E-state index contributed by atoms with van der Waals surface area (Å²) < 4.78 is 4.61. The lowest BCUT2D eigenvalue weighted by Gasteiger charge is -2.27. The van der Waals surface area contributed by atoms with E-state index in [9.17, 15) is 4.79 Å². The minimum atomic E-state index is -0.448. The van der Waals surface area contributed by atoms with E-state index in [1.165, 1.54) is 13.5 Å². The average molecular weight is 221 g/mol. The van der Waals surface area contributed by atoms with Gasteiger partial charge < -0.3 is 15.8 Å². The molecule has 3 N–H and O–H groups in total. The number of carbonyl (C=O) groups excluding carboxylic acids is 1. The van der Waals surface area contributed by atoms with E-state index >= 15 is 0 Å². The summed E-state index contributed by atoms with van der Waals surface area (Å²) in [7, 11) is 1.33. The summed E-state index contributed by atoms with van der Waals surface area (Å²) in [6.07, 6.45) is 3.49. The van der Waals surface area contributed by atoms with Crippen LogP contribution < -0.4 is 11.1 Å². The van der Waals surface area contributed by atoms with E-state index in [4.69, 9.17) is 5.73 Å². The summed E-state index contributed by atoms with van der Waals surface area (Å²) in [6.45, 7) is 0. The van der Waals surface area contributed by atoms with Crippen LogP contribution in [0.15, 0.2) is 12.1 Å². The van der Waals surface area contributed by atoms with Crippen molar-refractivity contribution in [3.05, 3.63) is 17.8 Å². The van der Waals surface area contributed by atoms with Crippen LogP contribution in [0.3, 0.4) is 0 Å². The smallest absolute Gasteiger partial charge is 0.356 e. The van der Waals surface area contributed by atoms with Gasteiger partial charge in [0.15, 0.2) is 5.69 Å². The minimum Gasteiger partial charge on any atom is -0.464 e. The molecule has 5 heteroatoms. The molecule has 0 radical (unpaired) electrons. The SMILES string of the molecule is COC(=O)c1ccc(N)c(NC2CCC2)n1. The number of carbonyl (C=O) groups is 1. The van der Waals surface area contributed by atoms with Crippen molar-refractivity contribution in [2.75, 3.05) is 18.2 Å². The number of ether oxygens (including phenoxy) is 1. The topological polar surface area (TPSA) is 77.2 Å². The monoisotopic (exact) mass is 221 g/mol. The fourth-order valence-electron chi connectivity index (χ4n) is 1.55. The molecule has 1 aromatic heterocycles. The van der Waals surface area contributed by atoms with Gasteiger partial charge in [-0.25, -0.2) is 9.78 Å². The Balaban J connectivity index is 2.17. The van der Waals surface area contributed by atoms with Crippen molar-refractivity contribution in [2.24, 2.45) is 0 Å². The second-order valence-corrected chi connectivity index (χ2v) is 3.90. The number of hydrogen-bond donors (Lipinski definition) is 2. The van der Waals surface area contributed by atoms with E-state index in [0.717, 1.165) is 12.8 Å². The molecule has 0 bridgehead atoms. The molecule has 1 heterocycles. The second-order valence-electron chi connectivity index (χ2n) is 3.90. The lowest BCUT2D eigenvalue weighted by Crippen LogP contribution is -2.28. The van der Waals surface area contributed by atoms with Gasteiger partial charge in [-0.1, -0.05) is 0 Å². The van der Waals surface area contributed by atoms with Crippen molar-refractivity contribution < 1.29 is 9.53 Å². The molecule has 1 aliphatic carbocycles. The third-order valence-corrected chi connectivity index (χ3v) is 2.77. The molecule has 1 saturated carbocycles. The van der Waals surface area contributed by atoms with Crippen LogP contribution in [0.1, 0.15) is 29.8 Å². The molecule has 0 amide bonds. The third kappa shape index (κ3) is 2.08. The van der Waals surface area contributed by atoms with Crippen molar-refractivity contribution in [3.8, 4) is 0 Å². The molecule has 0 unspecified atom stereocenters. The van der Waals surface area contributed by atoms with Crippen LogP contribution in [0.25, 0.3) is 0 Å². The molecule has 86 valence electrons. The van der Waals surface area contributed by atoms with Gasteiger partial charge >= 0.3 is 5.97 Å². The van der Waals surface area contributed by atoms with Gasteiger partial charge in [-0.3, -0.25) is 0 Å². The van der Waals surface area contributed by atoms with E-state index in [0.29, 0.717) is 17.5 Å². The van der Waals surface area contributed by atoms with E-state index in [2.05, 4.69) is 15.0 Å². The highest BCUT2D eigenvalue weighted by Crippen LogP contribution is 2.25. The Morgan fingerprint density at radius 3 is 2.88 bits per heavy atom.